The summed E-state index contributed by atoms with van der Waals surface area (Å²) < 4.78 is 5.58. The fourth-order valence-corrected chi connectivity index (χ4v) is 5.57. The van der Waals surface area contributed by atoms with Crippen molar-refractivity contribution in [3.05, 3.63) is 59.7 Å². The summed E-state index contributed by atoms with van der Waals surface area (Å²) in [5, 5.41) is 14.7. The average molecular weight is 463 g/mol. The molecule has 0 aromatic heterocycles. The van der Waals surface area contributed by atoms with Crippen molar-refractivity contribution in [3.63, 3.8) is 0 Å². The molecule has 0 bridgehead atoms. The molecule has 0 radical (unpaired) electrons. The molecule has 2 fully saturated rings. The number of fused-ring (bicyclic) bond motifs is 3. The third-order valence-corrected chi connectivity index (χ3v) is 7.54. The summed E-state index contributed by atoms with van der Waals surface area (Å²) in [6, 6.07) is 16.5. The highest BCUT2D eigenvalue weighted by molar-refractivity contribution is 5.79. The van der Waals surface area contributed by atoms with E-state index in [2.05, 4.69) is 34.9 Å². The van der Waals surface area contributed by atoms with Crippen LogP contribution in [0.15, 0.2) is 48.5 Å². The smallest absolute Gasteiger partial charge is 0.407 e. The lowest BCUT2D eigenvalue weighted by atomic mass is 9.73. The number of amides is 2. The zero-order valence-electron chi connectivity index (χ0n) is 19.0. The average Bonchev–Trinajstić information content (AvgIpc) is 3.09. The number of benzene rings is 2. The van der Waals surface area contributed by atoms with Gasteiger partial charge in [-0.05, 0) is 59.8 Å². The van der Waals surface area contributed by atoms with Gasteiger partial charge in [0.2, 0.25) is 5.91 Å². The number of ether oxygens (including phenoxy) is 1. The number of nitrogens with one attached hydrogen (secondary N) is 2. The summed E-state index contributed by atoms with van der Waals surface area (Å²) in [5.74, 6) is -0.366. The molecule has 2 aromatic rings. The molecule has 34 heavy (non-hydrogen) atoms. The van der Waals surface area contributed by atoms with Gasteiger partial charge in [-0.15, -0.1) is 0 Å². The van der Waals surface area contributed by atoms with Gasteiger partial charge in [0.15, 0.2) is 0 Å². The lowest BCUT2D eigenvalue weighted by molar-refractivity contribution is -0.146. The molecular formula is C27H30N2O5. The fraction of sp³-hybridized carbons (Fsp3) is 0.444. The van der Waals surface area contributed by atoms with E-state index in [0.29, 0.717) is 44.2 Å². The highest BCUT2D eigenvalue weighted by Gasteiger charge is 2.37. The number of carboxylic acids is 1. The second kappa shape index (κ2) is 9.49. The second-order valence-corrected chi connectivity index (χ2v) is 9.89. The van der Waals surface area contributed by atoms with E-state index in [0.717, 1.165) is 12.8 Å². The van der Waals surface area contributed by atoms with Gasteiger partial charge in [0, 0.05) is 24.9 Å². The van der Waals surface area contributed by atoms with Crippen LogP contribution in [-0.4, -0.2) is 42.3 Å². The second-order valence-electron chi connectivity index (χ2n) is 9.89. The van der Waals surface area contributed by atoms with Crippen LogP contribution < -0.4 is 10.6 Å². The number of carboxylic acid groups (broad SMARTS) is 1. The monoisotopic (exact) mass is 462 g/mol. The van der Waals surface area contributed by atoms with Crippen LogP contribution in [0, 0.1) is 17.8 Å². The Morgan fingerprint density at radius 3 is 2.12 bits per heavy atom. The van der Waals surface area contributed by atoms with Crippen LogP contribution in [0.1, 0.15) is 49.1 Å². The molecule has 0 unspecified atom stereocenters. The first-order chi connectivity index (χ1) is 16.5. The summed E-state index contributed by atoms with van der Waals surface area (Å²) >= 11 is 0. The standard InChI is InChI=1S/C27H30N2O5/c30-25(29-19-12-18(13-19)26(31)32)11-16-9-17(10-16)14-28-27(33)34-15-24-22-7-3-1-5-20(22)21-6-2-4-8-23(21)24/h1-8,16-19,24H,9-15H2,(H,28,33)(H,29,30)(H,31,32). The minimum absolute atomic E-state index is 0.000270. The van der Waals surface area contributed by atoms with Crippen molar-refractivity contribution in [1.82, 2.24) is 10.6 Å². The Balaban J connectivity index is 1.00. The van der Waals surface area contributed by atoms with E-state index < -0.39 is 12.1 Å². The number of carbonyl (C=O) groups excluding carboxylic acids is 2. The van der Waals surface area contributed by atoms with Crippen molar-refractivity contribution in [1.29, 1.82) is 0 Å². The lowest BCUT2D eigenvalue weighted by Crippen LogP contribution is -2.47. The van der Waals surface area contributed by atoms with Crippen LogP contribution in [0.5, 0.6) is 0 Å². The number of hydrogen-bond donors (Lipinski definition) is 3. The zero-order valence-corrected chi connectivity index (χ0v) is 19.0. The molecule has 7 nitrogen and oxygen atoms in total. The number of aliphatic carboxylic acids is 1. The largest absolute Gasteiger partial charge is 0.481 e. The first kappa shape index (κ1) is 22.4. The van der Waals surface area contributed by atoms with Gasteiger partial charge in [0.25, 0.3) is 0 Å². The summed E-state index contributed by atoms with van der Waals surface area (Å²) in [6.07, 6.45) is 2.92. The number of rotatable bonds is 8. The molecule has 178 valence electrons. The lowest BCUT2D eigenvalue weighted by Gasteiger charge is -2.37. The highest BCUT2D eigenvalue weighted by atomic mass is 16.5. The maximum atomic E-state index is 12.3. The predicted molar refractivity (Wildman–Crippen MR) is 126 cm³/mol. The molecule has 0 aliphatic heterocycles. The zero-order chi connectivity index (χ0) is 23.7. The van der Waals surface area contributed by atoms with Gasteiger partial charge in [-0.25, -0.2) is 4.79 Å². The Hall–Kier alpha value is -3.35. The van der Waals surface area contributed by atoms with Gasteiger partial charge in [0.05, 0.1) is 5.92 Å². The van der Waals surface area contributed by atoms with Crippen LogP contribution in [0.3, 0.4) is 0 Å². The molecule has 5 rings (SSSR count). The molecule has 7 heteroatoms. The van der Waals surface area contributed by atoms with Crippen LogP contribution in [0.4, 0.5) is 4.79 Å². The number of hydrogen-bond acceptors (Lipinski definition) is 4. The van der Waals surface area contributed by atoms with Gasteiger partial charge in [-0.2, -0.15) is 0 Å². The molecule has 0 spiro atoms. The van der Waals surface area contributed by atoms with Gasteiger partial charge in [-0.3, -0.25) is 9.59 Å². The summed E-state index contributed by atoms with van der Waals surface area (Å²) in [5.41, 5.74) is 4.79. The van der Waals surface area contributed by atoms with E-state index in [1.54, 1.807) is 0 Å². The Bertz CT molecular complexity index is 1040. The molecule has 0 atom stereocenters. The predicted octanol–water partition coefficient (Wildman–Crippen LogP) is 3.92. The first-order valence-corrected chi connectivity index (χ1v) is 12.1. The normalized spacial score (nSPS) is 24.7. The maximum Gasteiger partial charge on any atom is 0.407 e. The molecule has 0 saturated heterocycles. The maximum absolute atomic E-state index is 12.3. The molecule has 2 aromatic carbocycles. The first-order valence-electron chi connectivity index (χ1n) is 12.1. The Morgan fingerprint density at radius 2 is 1.50 bits per heavy atom. The molecule has 2 saturated carbocycles. The van der Waals surface area contributed by atoms with E-state index in [4.69, 9.17) is 9.84 Å². The van der Waals surface area contributed by atoms with Crippen LogP contribution >= 0.6 is 0 Å². The van der Waals surface area contributed by atoms with Crippen molar-refractivity contribution >= 4 is 18.0 Å². The van der Waals surface area contributed by atoms with Crippen molar-refractivity contribution in [2.75, 3.05) is 13.2 Å². The van der Waals surface area contributed by atoms with Crippen molar-refractivity contribution in [2.24, 2.45) is 17.8 Å². The molecule has 2 amide bonds. The minimum atomic E-state index is -0.781. The third-order valence-electron chi connectivity index (χ3n) is 7.54. The van der Waals surface area contributed by atoms with Gasteiger partial charge >= 0.3 is 12.1 Å². The van der Waals surface area contributed by atoms with E-state index in [1.165, 1.54) is 22.3 Å². The van der Waals surface area contributed by atoms with E-state index in [1.807, 2.05) is 24.3 Å². The number of alkyl carbamates (subject to hydrolysis) is 1. The van der Waals surface area contributed by atoms with Gasteiger partial charge in [-0.1, -0.05) is 48.5 Å². The van der Waals surface area contributed by atoms with Crippen molar-refractivity contribution in [2.45, 2.75) is 44.1 Å². The van der Waals surface area contributed by atoms with E-state index >= 15 is 0 Å². The van der Waals surface area contributed by atoms with Crippen molar-refractivity contribution in [3.8, 4) is 11.1 Å². The highest BCUT2D eigenvalue weighted by Crippen LogP contribution is 2.44. The molecule has 3 aliphatic carbocycles. The summed E-state index contributed by atoms with van der Waals surface area (Å²) in [7, 11) is 0. The van der Waals surface area contributed by atoms with Gasteiger partial charge in [0.1, 0.15) is 6.61 Å². The van der Waals surface area contributed by atoms with Crippen molar-refractivity contribution < 1.29 is 24.2 Å². The Morgan fingerprint density at radius 1 is 0.882 bits per heavy atom. The summed E-state index contributed by atoms with van der Waals surface area (Å²) in [6.45, 7) is 0.856. The molecular weight excluding hydrogens is 432 g/mol. The molecule has 3 aliphatic rings. The van der Waals surface area contributed by atoms with E-state index in [-0.39, 0.29) is 23.8 Å². The fourth-order valence-electron chi connectivity index (χ4n) is 5.57. The van der Waals surface area contributed by atoms with Crippen LogP contribution in [0.25, 0.3) is 11.1 Å². The Kier molecular flexibility index (Phi) is 6.26. The minimum Gasteiger partial charge on any atom is -0.481 e. The third kappa shape index (κ3) is 4.65. The van der Waals surface area contributed by atoms with Crippen LogP contribution in [-0.2, 0) is 14.3 Å². The van der Waals surface area contributed by atoms with Crippen LogP contribution in [0.2, 0.25) is 0 Å². The quantitative estimate of drug-likeness (QED) is 0.552. The molecule has 3 N–H and O–H groups in total. The molecule has 0 heterocycles. The van der Waals surface area contributed by atoms with Gasteiger partial charge < -0.3 is 20.5 Å². The topological polar surface area (TPSA) is 105 Å². The summed E-state index contributed by atoms with van der Waals surface area (Å²) in [4.78, 5) is 35.3. The number of carbonyl (C=O) groups is 3. The van der Waals surface area contributed by atoms with E-state index in [9.17, 15) is 14.4 Å². The Labute approximate surface area is 198 Å². The SMILES string of the molecule is O=C(CC1CC(CNC(=O)OCC2c3ccccc3-c3ccccc32)C1)NC1CC(C(=O)O)C1.